The van der Waals surface area contributed by atoms with E-state index in [0.717, 1.165) is 34.6 Å². The molecule has 39 heavy (non-hydrogen) atoms. The molecule has 0 aliphatic carbocycles. The molecule has 4 N–H and O–H groups in total. The molecule has 0 radical (unpaired) electrons. The first-order chi connectivity index (χ1) is 18.2. The molecule has 1 atom stereocenters. The number of benzene rings is 1. The van der Waals surface area contributed by atoms with Crippen LogP contribution in [0.25, 0.3) is 21.8 Å². The minimum atomic E-state index is -0.634. The summed E-state index contributed by atoms with van der Waals surface area (Å²) >= 11 is 6.44. The Morgan fingerprint density at radius 1 is 1.13 bits per heavy atom. The van der Waals surface area contributed by atoms with Crippen LogP contribution in [0.2, 0.25) is 5.02 Å². The van der Waals surface area contributed by atoms with Crippen LogP contribution in [0.15, 0.2) is 30.6 Å². The van der Waals surface area contributed by atoms with Crippen molar-refractivity contribution in [2.75, 3.05) is 25.0 Å². The van der Waals surface area contributed by atoms with Crippen molar-refractivity contribution in [2.24, 2.45) is 0 Å². The summed E-state index contributed by atoms with van der Waals surface area (Å²) in [7, 11) is 0. The van der Waals surface area contributed by atoms with E-state index in [1.54, 1.807) is 18.5 Å². The predicted octanol–water partition coefficient (Wildman–Crippen LogP) is 4.21. The molecule has 0 spiro atoms. The first kappa shape index (κ1) is 27.8. The standard InChI is InChI=1S/C29H39ClN6O3/c1-27(2)11-18(12-28(3,4)35-27)32-24(37)14-36-16-29(5,6)39-15-23(36)26(38)34-21-10-17(30)9-20-19-7-8-31-13-22(19)33-25(20)21/h7-10,13,18,23,33,35H,11-12,14-16H2,1-6H3,(H,32,37)(H,34,38)/t23-/m0/s1. The van der Waals surface area contributed by atoms with Gasteiger partial charge in [-0.3, -0.25) is 19.5 Å². The number of aromatic nitrogens is 2. The molecule has 2 fully saturated rings. The van der Waals surface area contributed by atoms with Gasteiger partial charge in [0.1, 0.15) is 6.04 Å². The maximum atomic E-state index is 13.7. The summed E-state index contributed by atoms with van der Waals surface area (Å²) in [6.45, 7) is 13.3. The van der Waals surface area contributed by atoms with Crippen molar-refractivity contribution in [3.05, 3.63) is 35.6 Å². The number of fused-ring (bicyclic) bond motifs is 3. The molecule has 1 aromatic carbocycles. The van der Waals surface area contributed by atoms with Gasteiger partial charge in [0.05, 0.1) is 41.7 Å². The predicted molar refractivity (Wildman–Crippen MR) is 155 cm³/mol. The molecule has 3 aromatic rings. The van der Waals surface area contributed by atoms with E-state index in [4.69, 9.17) is 16.3 Å². The lowest BCUT2D eigenvalue weighted by atomic mass is 9.79. The zero-order valence-corrected chi connectivity index (χ0v) is 24.3. The summed E-state index contributed by atoms with van der Waals surface area (Å²) in [5.74, 6) is -0.333. The Hall–Kier alpha value is -2.72. The topological polar surface area (TPSA) is 111 Å². The van der Waals surface area contributed by atoms with E-state index >= 15 is 0 Å². The Morgan fingerprint density at radius 3 is 2.56 bits per heavy atom. The van der Waals surface area contributed by atoms with Gasteiger partial charge >= 0.3 is 0 Å². The number of amides is 2. The van der Waals surface area contributed by atoms with Crippen LogP contribution in [0.1, 0.15) is 54.4 Å². The average Bonchev–Trinajstić information content (AvgIpc) is 3.15. The number of piperidine rings is 1. The number of halogens is 1. The molecule has 2 saturated heterocycles. The smallest absolute Gasteiger partial charge is 0.244 e. The molecular weight excluding hydrogens is 516 g/mol. The lowest BCUT2D eigenvalue weighted by Gasteiger charge is -2.47. The summed E-state index contributed by atoms with van der Waals surface area (Å²) in [4.78, 5) is 36.4. The van der Waals surface area contributed by atoms with Gasteiger partial charge in [0, 0.05) is 45.7 Å². The molecule has 0 saturated carbocycles. The van der Waals surface area contributed by atoms with Crippen LogP contribution >= 0.6 is 11.6 Å². The number of hydrogen-bond donors (Lipinski definition) is 4. The molecule has 2 aliphatic rings. The molecule has 10 heteroatoms. The zero-order chi connectivity index (χ0) is 28.2. The van der Waals surface area contributed by atoms with Gasteiger partial charge in [-0.05, 0) is 72.6 Å². The highest BCUT2D eigenvalue weighted by atomic mass is 35.5. The van der Waals surface area contributed by atoms with Crippen molar-refractivity contribution in [3.63, 3.8) is 0 Å². The Bertz CT molecular complexity index is 1400. The van der Waals surface area contributed by atoms with Gasteiger partial charge in [-0.25, -0.2) is 0 Å². The van der Waals surface area contributed by atoms with E-state index in [1.807, 2.05) is 30.9 Å². The molecule has 0 bridgehead atoms. The Labute approximate surface area is 234 Å². The van der Waals surface area contributed by atoms with E-state index in [1.165, 1.54) is 0 Å². The van der Waals surface area contributed by atoms with Crippen molar-refractivity contribution in [1.82, 2.24) is 25.5 Å². The van der Waals surface area contributed by atoms with Crippen molar-refractivity contribution in [2.45, 2.75) is 83.1 Å². The molecule has 5 rings (SSSR count). The van der Waals surface area contributed by atoms with E-state index in [2.05, 4.69) is 53.6 Å². The molecular formula is C29H39ClN6O3. The molecule has 2 aliphatic heterocycles. The van der Waals surface area contributed by atoms with Crippen LogP contribution in [0, 0.1) is 0 Å². The number of carbonyl (C=O) groups is 2. The second-order valence-corrected chi connectivity index (χ2v) is 13.4. The first-order valence-corrected chi connectivity index (χ1v) is 13.9. The fraction of sp³-hybridized carbons (Fsp3) is 0.552. The SMILES string of the molecule is CC1(C)CC(NC(=O)CN2CC(C)(C)OC[C@H]2C(=O)Nc2cc(Cl)cc3c2[nH]c2cnccc23)CC(C)(C)N1. The monoisotopic (exact) mass is 554 g/mol. The van der Waals surface area contributed by atoms with Gasteiger partial charge in [-0.1, -0.05) is 11.6 Å². The normalized spacial score (nSPS) is 23.1. The molecule has 2 aromatic heterocycles. The van der Waals surface area contributed by atoms with Crippen molar-refractivity contribution in [1.29, 1.82) is 0 Å². The van der Waals surface area contributed by atoms with Gasteiger partial charge in [-0.2, -0.15) is 0 Å². The maximum absolute atomic E-state index is 13.7. The molecule has 2 amide bonds. The number of anilines is 1. The van der Waals surface area contributed by atoms with Crippen LogP contribution in [0.3, 0.4) is 0 Å². The molecule has 0 unspecified atom stereocenters. The second kappa shape index (κ2) is 10.0. The number of ether oxygens (including phenoxy) is 1. The van der Waals surface area contributed by atoms with Crippen LogP contribution in [-0.2, 0) is 14.3 Å². The fourth-order valence-electron chi connectivity index (χ4n) is 6.48. The Kier molecular flexibility index (Phi) is 7.16. The molecule has 210 valence electrons. The Morgan fingerprint density at radius 2 is 1.85 bits per heavy atom. The average molecular weight is 555 g/mol. The van der Waals surface area contributed by atoms with Crippen molar-refractivity contribution < 1.29 is 14.3 Å². The number of aromatic amines is 1. The highest BCUT2D eigenvalue weighted by Crippen LogP contribution is 2.34. The lowest BCUT2D eigenvalue weighted by Crippen LogP contribution is -2.63. The van der Waals surface area contributed by atoms with Gasteiger partial charge in [0.2, 0.25) is 11.8 Å². The van der Waals surface area contributed by atoms with E-state index in [9.17, 15) is 9.59 Å². The number of H-pyrrole nitrogens is 1. The number of morpholine rings is 1. The second-order valence-electron chi connectivity index (χ2n) is 13.0. The van der Waals surface area contributed by atoms with E-state index < -0.39 is 11.6 Å². The van der Waals surface area contributed by atoms with Crippen LogP contribution in [-0.4, -0.2) is 75.1 Å². The summed E-state index contributed by atoms with van der Waals surface area (Å²) in [6.07, 6.45) is 5.15. The summed E-state index contributed by atoms with van der Waals surface area (Å²) in [5.41, 5.74) is 1.56. The number of carbonyl (C=O) groups excluding carboxylic acids is 2. The minimum Gasteiger partial charge on any atom is -0.372 e. The number of hydrogen-bond acceptors (Lipinski definition) is 6. The zero-order valence-electron chi connectivity index (χ0n) is 23.6. The van der Waals surface area contributed by atoms with Crippen LogP contribution in [0.5, 0.6) is 0 Å². The van der Waals surface area contributed by atoms with Gasteiger partial charge < -0.3 is 25.7 Å². The maximum Gasteiger partial charge on any atom is 0.244 e. The summed E-state index contributed by atoms with van der Waals surface area (Å²) < 4.78 is 6.03. The van der Waals surface area contributed by atoms with Gasteiger partial charge in [0.25, 0.3) is 0 Å². The highest BCUT2D eigenvalue weighted by molar-refractivity contribution is 6.33. The first-order valence-electron chi connectivity index (χ1n) is 13.5. The highest BCUT2D eigenvalue weighted by Gasteiger charge is 2.41. The van der Waals surface area contributed by atoms with Crippen LogP contribution < -0.4 is 16.0 Å². The van der Waals surface area contributed by atoms with E-state index in [0.29, 0.717) is 17.3 Å². The number of nitrogens with one attached hydrogen (secondary N) is 4. The fourth-order valence-corrected chi connectivity index (χ4v) is 6.69. The summed E-state index contributed by atoms with van der Waals surface area (Å²) in [5, 5.41) is 12.3. The number of nitrogens with zero attached hydrogens (tertiary/aromatic N) is 2. The van der Waals surface area contributed by atoms with Crippen molar-refractivity contribution >= 4 is 50.9 Å². The minimum absolute atomic E-state index is 0.0568. The molecule has 9 nitrogen and oxygen atoms in total. The molecule has 4 heterocycles. The van der Waals surface area contributed by atoms with Gasteiger partial charge in [0.15, 0.2) is 0 Å². The number of rotatable bonds is 5. The van der Waals surface area contributed by atoms with Gasteiger partial charge in [-0.15, -0.1) is 0 Å². The quantitative estimate of drug-likeness (QED) is 0.376. The third kappa shape index (κ3) is 6.22. The third-order valence-corrected chi connectivity index (χ3v) is 7.81. The largest absolute Gasteiger partial charge is 0.372 e. The van der Waals surface area contributed by atoms with E-state index in [-0.39, 0.29) is 42.1 Å². The third-order valence-electron chi connectivity index (χ3n) is 7.59. The van der Waals surface area contributed by atoms with Crippen molar-refractivity contribution in [3.8, 4) is 0 Å². The Balaban J connectivity index is 1.34. The van der Waals surface area contributed by atoms with Crippen LogP contribution in [0.4, 0.5) is 5.69 Å². The lowest BCUT2D eigenvalue weighted by molar-refractivity contribution is -0.147. The summed E-state index contributed by atoms with van der Waals surface area (Å²) in [6, 6.07) is 4.94. The number of pyridine rings is 1.